The van der Waals surface area contributed by atoms with Crippen LogP contribution in [-0.2, 0) is 7.05 Å². The molecular weight excluding hydrogens is 296 g/mol. The second-order valence-corrected chi connectivity index (χ2v) is 4.81. The van der Waals surface area contributed by atoms with E-state index in [0.717, 1.165) is 5.52 Å². The Morgan fingerprint density at radius 2 is 2.22 bits per heavy atom. The summed E-state index contributed by atoms with van der Waals surface area (Å²) in [6.45, 7) is 0. The first kappa shape index (κ1) is 11.2. The first-order valence-corrected chi connectivity index (χ1v) is 6.16. The van der Waals surface area contributed by atoms with Gasteiger partial charge in [0.25, 0.3) is 5.56 Å². The van der Waals surface area contributed by atoms with Crippen molar-refractivity contribution in [3.8, 4) is 11.3 Å². The highest BCUT2D eigenvalue weighted by Crippen LogP contribution is 2.29. The van der Waals surface area contributed by atoms with Gasteiger partial charge in [0.15, 0.2) is 5.58 Å². The molecule has 0 unspecified atom stereocenters. The molecule has 0 fully saturated rings. The molecule has 0 aliphatic carbocycles. The lowest BCUT2D eigenvalue weighted by atomic mass is 10.2. The van der Waals surface area contributed by atoms with Crippen molar-refractivity contribution in [2.45, 2.75) is 0 Å². The number of halogens is 1. The monoisotopic (exact) mass is 304 g/mol. The molecule has 18 heavy (non-hydrogen) atoms. The van der Waals surface area contributed by atoms with E-state index in [1.54, 1.807) is 31.6 Å². The summed E-state index contributed by atoms with van der Waals surface area (Å²) in [4.78, 5) is 16.3. The molecule has 0 saturated carbocycles. The maximum atomic E-state index is 12.1. The Morgan fingerprint density at radius 3 is 3.00 bits per heavy atom. The van der Waals surface area contributed by atoms with Crippen LogP contribution in [0.5, 0.6) is 0 Å². The molecule has 0 spiro atoms. The molecule has 4 nitrogen and oxygen atoms in total. The number of rotatable bonds is 1. The molecule has 0 N–H and O–H groups in total. The molecule has 0 saturated heterocycles. The van der Waals surface area contributed by atoms with E-state index in [1.807, 2.05) is 12.1 Å². The normalized spacial score (nSPS) is 11.0. The molecular formula is C13H9BrN2O2. The highest BCUT2D eigenvalue weighted by molar-refractivity contribution is 9.10. The predicted octanol–water partition coefficient (Wildman–Crippen LogP) is 2.96. The average molecular weight is 305 g/mol. The van der Waals surface area contributed by atoms with Gasteiger partial charge in [-0.15, -0.1) is 0 Å². The van der Waals surface area contributed by atoms with Crippen molar-refractivity contribution in [2.24, 2.45) is 7.05 Å². The summed E-state index contributed by atoms with van der Waals surface area (Å²) in [6.07, 6.45) is 3.40. The molecule has 0 atom stereocenters. The van der Waals surface area contributed by atoms with Gasteiger partial charge in [-0.1, -0.05) is 0 Å². The number of aromatic nitrogens is 2. The maximum absolute atomic E-state index is 12.1. The Kier molecular flexibility index (Phi) is 2.56. The van der Waals surface area contributed by atoms with E-state index in [-0.39, 0.29) is 5.56 Å². The van der Waals surface area contributed by atoms with Crippen molar-refractivity contribution >= 4 is 27.0 Å². The summed E-state index contributed by atoms with van der Waals surface area (Å²) in [5.74, 6) is 0.525. The topological polar surface area (TPSA) is 48.0 Å². The predicted molar refractivity (Wildman–Crippen MR) is 72.4 cm³/mol. The Balaban J connectivity index is 2.33. The summed E-state index contributed by atoms with van der Waals surface area (Å²) in [5.41, 5.74) is 1.82. The SMILES string of the molecule is Cn1ccc(Br)c(-c2cc3ncccc3o2)c1=O. The Morgan fingerprint density at radius 1 is 1.39 bits per heavy atom. The molecule has 0 aliphatic heterocycles. The van der Waals surface area contributed by atoms with Crippen LogP contribution in [0.2, 0.25) is 0 Å². The molecule has 0 radical (unpaired) electrons. The van der Waals surface area contributed by atoms with Crippen molar-refractivity contribution in [2.75, 3.05) is 0 Å². The standard InChI is InChI=1S/C13H9BrN2O2/c1-16-6-4-8(14)12(13(16)17)11-7-9-10(18-11)3-2-5-15-9/h2-7H,1H3. The smallest absolute Gasteiger partial charge is 0.262 e. The summed E-state index contributed by atoms with van der Waals surface area (Å²) >= 11 is 3.38. The minimum Gasteiger partial charge on any atom is -0.454 e. The zero-order valence-electron chi connectivity index (χ0n) is 9.55. The van der Waals surface area contributed by atoms with Gasteiger partial charge in [-0.25, -0.2) is 0 Å². The van der Waals surface area contributed by atoms with Crippen LogP contribution in [0.1, 0.15) is 0 Å². The zero-order chi connectivity index (χ0) is 12.7. The molecule has 0 amide bonds. The number of pyridine rings is 2. The second kappa shape index (κ2) is 4.10. The van der Waals surface area contributed by atoms with Gasteiger partial charge < -0.3 is 8.98 Å². The number of hydrogen-bond acceptors (Lipinski definition) is 3. The van der Waals surface area contributed by atoms with Crippen molar-refractivity contribution in [3.05, 3.63) is 51.5 Å². The van der Waals surface area contributed by atoms with Crippen molar-refractivity contribution < 1.29 is 4.42 Å². The van der Waals surface area contributed by atoms with Crippen LogP contribution in [0.3, 0.4) is 0 Å². The van der Waals surface area contributed by atoms with Crippen molar-refractivity contribution in [3.63, 3.8) is 0 Å². The molecule has 5 heteroatoms. The van der Waals surface area contributed by atoms with E-state index in [1.165, 1.54) is 4.57 Å². The number of hydrogen-bond donors (Lipinski definition) is 0. The Bertz CT molecular complexity index is 756. The third-order valence-electron chi connectivity index (χ3n) is 2.75. The van der Waals surface area contributed by atoms with Gasteiger partial charge in [0.05, 0.1) is 5.56 Å². The van der Waals surface area contributed by atoms with Crippen LogP contribution in [-0.4, -0.2) is 9.55 Å². The highest BCUT2D eigenvalue weighted by Gasteiger charge is 2.14. The van der Waals surface area contributed by atoms with Gasteiger partial charge in [-0.05, 0) is 34.1 Å². The lowest BCUT2D eigenvalue weighted by molar-refractivity contribution is 0.628. The van der Waals surface area contributed by atoms with E-state index in [9.17, 15) is 4.79 Å². The third-order valence-corrected chi connectivity index (χ3v) is 3.41. The van der Waals surface area contributed by atoms with Gasteiger partial charge in [0, 0.05) is 30.0 Å². The van der Waals surface area contributed by atoms with E-state index < -0.39 is 0 Å². The van der Waals surface area contributed by atoms with Crippen LogP contribution >= 0.6 is 15.9 Å². The lowest BCUT2D eigenvalue weighted by Crippen LogP contribution is -2.17. The molecule has 0 bridgehead atoms. The molecule has 3 heterocycles. The first-order valence-electron chi connectivity index (χ1n) is 5.37. The molecule has 90 valence electrons. The second-order valence-electron chi connectivity index (χ2n) is 3.95. The van der Waals surface area contributed by atoms with E-state index in [4.69, 9.17) is 4.42 Å². The van der Waals surface area contributed by atoms with Crippen LogP contribution in [0.4, 0.5) is 0 Å². The van der Waals surface area contributed by atoms with E-state index in [2.05, 4.69) is 20.9 Å². The van der Waals surface area contributed by atoms with E-state index >= 15 is 0 Å². The quantitative estimate of drug-likeness (QED) is 0.694. The summed E-state index contributed by atoms with van der Waals surface area (Å²) in [7, 11) is 1.71. The average Bonchev–Trinajstić information content (AvgIpc) is 2.77. The van der Waals surface area contributed by atoms with Crippen LogP contribution < -0.4 is 5.56 Å². The fourth-order valence-electron chi connectivity index (χ4n) is 1.82. The lowest BCUT2D eigenvalue weighted by Gasteiger charge is -2.02. The fraction of sp³-hybridized carbons (Fsp3) is 0.0769. The number of nitrogens with zero attached hydrogens (tertiary/aromatic N) is 2. The van der Waals surface area contributed by atoms with Crippen molar-refractivity contribution in [1.29, 1.82) is 0 Å². The van der Waals surface area contributed by atoms with E-state index in [0.29, 0.717) is 21.4 Å². The van der Waals surface area contributed by atoms with Crippen LogP contribution in [0, 0.1) is 0 Å². The zero-order valence-corrected chi connectivity index (χ0v) is 11.1. The van der Waals surface area contributed by atoms with Crippen LogP contribution in [0.15, 0.2) is 50.3 Å². The Hall–Kier alpha value is -1.88. The minimum atomic E-state index is -0.108. The van der Waals surface area contributed by atoms with Gasteiger partial charge >= 0.3 is 0 Å². The minimum absolute atomic E-state index is 0.108. The van der Waals surface area contributed by atoms with Gasteiger partial charge in [-0.3, -0.25) is 9.78 Å². The van der Waals surface area contributed by atoms with Gasteiger partial charge in [0.1, 0.15) is 11.3 Å². The van der Waals surface area contributed by atoms with Gasteiger partial charge in [-0.2, -0.15) is 0 Å². The number of aryl methyl sites for hydroxylation is 1. The molecule has 3 aromatic heterocycles. The molecule has 3 rings (SSSR count). The fourth-order valence-corrected chi connectivity index (χ4v) is 2.31. The summed E-state index contributed by atoms with van der Waals surface area (Å²) in [5, 5.41) is 0. The maximum Gasteiger partial charge on any atom is 0.262 e. The number of fused-ring (bicyclic) bond motifs is 1. The highest BCUT2D eigenvalue weighted by atomic mass is 79.9. The summed E-state index contributed by atoms with van der Waals surface area (Å²) in [6, 6.07) is 7.22. The van der Waals surface area contributed by atoms with Gasteiger partial charge in [0.2, 0.25) is 0 Å². The Labute approximate surface area is 111 Å². The first-order chi connectivity index (χ1) is 8.66. The third kappa shape index (κ3) is 1.67. The van der Waals surface area contributed by atoms with Crippen molar-refractivity contribution in [1.82, 2.24) is 9.55 Å². The largest absolute Gasteiger partial charge is 0.454 e. The molecule has 0 aliphatic rings. The summed E-state index contributed by atoms with van der Waals surface area (Å²) < 4.78 is 7.89. The number of furan rings is 1. The van der Waals surface area contributed by atoms with Crippen LogP contribution in [0.25, 0.3) is 22.4 Å². The molecule has 0 aromatic carbocycles. The molecule has 3 aromatic rings.